The highest BCUT2D eigenvalue weighted by Crippen LogP contribution is 2.29. The number of aromatic nitrogens is 2. The summed E-state index contributed by atoms with van der Waals surface area (Å²) in [5.74, 6) is 0.205. The zero-order chi connectivity index (χ0) is 19.7. The molecule has 0 radical (unpaired) electrons. The lowest BCUT2D eigenvalue weighted by Crippen LogP contribution is -2.38. The molecule has 3 amide bonds. The van der Waals surface area contributed by atoms with Crippen LogP contribution in [0.15, 0.2) is 34.9 Å². The van der Waals surface area contributed by atoms with Gasteiger partial charge in [-0.25, -0.2) is 9.78 Å². The average molecular weight is 397 g/mol. The molecule has 0 atom stereocenters. The van der Waals surface area contributed by atoms with Gasteiger partial charge in [-0.3, -0.25) is 10.1 Å². The summed E-state index contributed by atoms with van der Waals surface area (Å²) in [6.45, 7) is 4.72. The summed E-state index contributed by atoms with van der Waals surface area (Å²) in [7, 11) is 0. The van der Waals surface area contributed by atoms with Crippen molar-refractivity contribution in [1.82, 2.24) is 15.0 Å². The Balaban J connectivity index is 1.42. The lowest BCUT2D eigenvalue weighted by Gasteiger charge is -2.26. The summed E-state index contributed by atoms with van der Waals surface area (Å²) < 4.78 is 4.92. The number of hydrogen-bond acceptors (Lipinski definition) is 6. The molecule has 9 heteroatoms. The first-order valence-electron chi connectivity index (χ1n) is 8.84. The fraction of sp³-hybridized carbons (Fsp3) is 0.263. The maximum absolute atomic E-state index is 12.6. The van der Waals surface area contributed by atoms with Crippen molar-refractivity contribution in [3.63, 3.8) is 0 Å². The molecule has 2 N–H and O–H groups in total. The Morgan fingerprint density at radius 2 is 2.04 bits per heavy atom. The van der Waals surface area contributed by atoms with Crippen molar-refractivity contribution in [2.45, 2.75) is 26.8 Å². The summed E-state index contributed by atoms with van der Waals surface area (Å²) in [5.41, 5.74) is 2.94. The Morgan fingerprint density at radius 3 is 2.79 bits per heavy atom. The highest BCUT2D eigenvalue weighted by Gasteiger charge is 2.25. The number of urea groups is 1. The van der Waals surface area contributed by atoms with E-state index in [2.05, 4.69) is 20.8 Å². The van der Waals surface area contributed by atoms with Crippen LogP contribution < -0.4 is 10.6 Å². The summed E-state index contributed by atoms with van der Waals surface area (Å²) in [6.07, 6.45) is 0.645. The molecular weight excluding hydrogens is 378 g/mol. The molecule has 3 heterocycles. The molecule has 144 valence electrons. The van der Waals surface area contributed by atoms with E-state index in [0.717, 1.165) is 21.8 Å². The second-order valence-corrected chi connectivity index (χ2v) is 7.67. The normalized spacial score (nSPS) is 13.1. The molecule has 1 aliphatic heterocycles. The van der Waals surface area contributed by atoms with E-state index in [1.807, 2.05) is 31.2 Å². The Labute approximate surface area is 165 Å². The number of anilines is 2. The molecule has 0 bridgehead atoms. The van der Waals surface area contributed by atoms with E-state index in [0.29, 0.717) is 30.4 Å². The van der Waals surface area contributed by atoms with Gasteiger partial charge in [-0.05, 0) is 25.5 Å². The fourth-order valence-electron chi connectivity index (χ4n) is 2.96. The van der Waals surface area contributed by atoms with E-state index in [9.17, 15) is 9.59 Å². The van der Waals surface area contributed by atoms with E-state index in [4.69, 9.17) is 4.52 Å². The molecule has 0 fully saturated rings. The summed E-state index contributed by atoms with van der Waals surface area (Å²) >= 11 is 1.37. The molecule has 0 unspecified atom stereocenters. The molecular formula is C19H19N5O3S. The Hall–Kier alpha value is -3.20. The standard InChI is InChI=1S/C19H19N5O3S/c1-11-5-3-4-6-13(11)21-19(26)24-8-7-14-16(10-24)28-18(20-14)22-17(25)15-9-12(2)27-23-15/h3-6,9H,7-8,10H2,1-2H3,(H,21,26)(H,20,22,25). The number of benzene rings is 1. The number of hydrogen-bond donors (Lipinski definition) is 2. The van der Waals surface area contributed by atoms with Crippen LogP contribution in [0.3, 0.4) is 0 Å². The molecule has 0 saturated carbocycles. The number of thiazole rings is 1. The van der Waals surface area contributed by atoms with Gasteiger partial charge < -0.3 is 14.7 Å². The van der Waals surface area contributed by atoms with Crippen molar-refractivity contribution < 1.29 is 14.1 Å². The van der Waals surface area contributed by atoms with Gasteiger partial charge >= 0.3 is 6.03 Å². The molecule has 0 aliphatic carbocycles. The van der Waals surface area contributed by atoms with Crippen LogP contribution in [0.4, 0.5) is 15.6 Å². The average Bonchev–Trinajstić information content (AvgIpc) is 3.28. The van der Waals surface area contributed by atoms with Crippen molar-refractivity contribution >= 4 is 34.1 Å². The van der Waals surface area contributed by atoms with Crippen LogP contribution in [0.25, 0.3) is 0 Å². The van der Waals surface area contributed by atoms with Crippen molar-refractivity contribution in [3.05, 3.63) is 57.9 Å². The maximum atomic E-state index is 12.6. The zero-order valence-corrected chi connectivity index (χ0v) is 16.3. The first-order chi connectivity index (χ1) is 13.5. The van der Waals surface area contributed by atoms with Gasteiger partial charge in [0.15, 0.2) is 10.8 Å². The summed E-state index contributed by atoms with van der Waals surface area (Å²) in [4.78, 5) is 32.0. The minimum Gasteiger partial charge on any atom is -0.361 e. The van der Waals surface area contributed by atoms with Gasteiger partial charge in [-0.15, -0.1) is 0 Å². The molecule has 8 nitrogen and oxygen atoms in total. The van der Waals surface area contributed by atoms with Crippen LogP contribution in [0.1, 0.15) is 32.4 Å². The first-order valence-corrected chi connectivity index (χ1v) is 9.66. The number of carbonyl (C=O) groups is 2. The third-order valence-corrected chi connectivity index (χ3v) is 5.48. The van der Waals surface area contributed by atoms with E-state index >= 15 is 0 Å². The molecule has 1 aromatic carbocycles. The van der Waals surface area contributed by atoms with E-state index < -0.39 is 0 Å². The predicted octanol–water partition coefficient (Wildman–Crippen LogP) is 3.59. The minimum absolute atomic E-state index is 0.142. The number of aryl methyl sites for hydroxylation is 2. The van der Waals surface area contributed by atoms with Crippen LogP contribution in [0.2, 0.25) is 0 Å². The highest BCUT2D eigenvalue weighted by molar-refractivity contribution is 7.15. The summed E-state index contributed by atoms with van der Waals surface area (Å²) in [5, 5.41) is 9.91. The molecule has 4 rings (SSSR count). The lowest BCUT2D eigenvalue weighted by atomic mass is 10.2. The zero-order valence-electron chi connectivity index (χ0n) is 15.5. The number of nitrogens with zero attached hydrogens (tertiary/aromatic N) is 3. The van der Waals surface area contributed by atoms with Crippen molar-refractivity contribution in [2.24, 2.45) is 0 Å². The maximum Gasteiger partial charge on any atom is 0.322 e. The van der Waals surface area contributed by atoms with Crippen LogP contribution in [-0.4, -0.2) is 33.5 Å². The predicted molar refractivity (Wildman–Crippen MR) is 106 cm³/mol. The van der Waals surface area contributed by atoms with Gasteiger partial charge in [0.25, 0.3) is 5.91 Å². The number of rotatable bonds is 3. The van der Waals surface area contributed by atoms with E-state index in [1.54, 1.807) is 17.9 Å². The number of fused-ring (bicyclic) bond motifs is 1. The minimum atomic E-state index is -0.364. The van der Waals surface area contributed by atoms with Crippen LogP contribution >= 0.6 is 11.3 Å². The van der Waals surface area contributed by atoms with Crippen molar-refractivity contribution in [1.29, 1.82) is 0 Å². The summed E-state index contributed by atoms with van der Waals surface area (Å²) in [6, 6.07) is 9.10. The smallest absolute Gasteiger partial charge is 0.322 e. The number of nitrogens with one attached hydrogen (secondary N) is 2. The van der Waals surface area contributed by atoms with Crippen LogP contribution in [0.5, 0.6) is 0 Å². The second-order valence-electron chi connectivity index (χ2n) is 6.58. The van der Waals surface area contributed by atoms with Crippen molar-refractivity contribution in [2.75, 3.05) is 17.2 Å². The highest BCUT2D eigenvalue weighted by atomic mass is 32.1. The van der Waals surface area contributed by atoms with E-state index in [1.165, 1.54) is 11.3 Å². The Morgan fingerprint density at radius 1 is 1.21 bits per heavy atom. The topological polar surface area (TPSA) is 100 Å². The second kappa shape index (κ2) is 7.43. The fourth-order valence-corrected chi connectivity index (χ4v) is 3.98. The van der Waals surface area contributed by atoms with Gasteiger partial charge in [0, 0.05) is 29.6 Å². The molecule has 1 aliphatic rings. The molecule has 28 heavy (non-hydrogen) atoms. The number of carbonyl (C=O) groups excluding carboxylic acids is 2. The lowest BCUT2D eigenvalue weighted by molar-refractivity contribution is 0.101. The number of amides is 3. The van der Waals surface area contributed by atoms with Gasteiger partial charge in [-0.2, -0.15) is 0 Å². The third kappa shape index (κ3) is 3.74. The third-order valence-electron chi connectivity index (χ3n) is 4.49. The van der Waals surface area contributed by atoms with Crippen LogP contribution in [0, 0.1) is 13.8 Å². The van der Waals surface area contributed by atoms with Gasteiger partial charge in [0.2, 0.25) is 0 Å². The van der Waals surface area contributed by atoms with Crippen molar-refractivity contribution in [3.8, 4) is 0 Å². The molecule has 0 saturated heterocycles. The van der Waals surface area contributed by atoms with Crippen LogP contribution in [-0.2, 0) is 13.0 Å². The van der Waals surface area contributed by atoms with Gasteiger partial charge in [-0.1, -0.05) is 34.7 Å². The van der Waals surface area contributed by atoms with E-state index in [-0.39, 0.29) is 17.6 Å². The quantitative estimate of drug-likeness (QED) is 0.703. The Kier molecular flexibility index (Phi) is 4.82. The Bertz CT molecular complexity index is 1040. The van der Waals surface area contributed by atoms with Gasteiger partial charge in [0.1, 0.15) is 5.76 Å². The molecule has 2 aromatic heterocycles. The monoisotopic (exact) mass is 397 g/mol. The first kappa shape index (κ1) is 18.2. The molecule has 0 spiro atoms. The molecule has 3 aromatic rings. The number of para-hydroxylation sites is 1. The largest absolute Gasteiger partial charge is 0.361 e. The van der Waals surface area contributed by atoms with Gasteiger partial charge in [0.05, 0.1) is 12.2 Å². The SMILES string of the molecule is Cc1cc(C(=O)Nc2nc3c(s2)CN(C(=O)Nc2ccccc2C)CC3)no1.